The fourth-order valence-electron chi connectivity index (χ4n) is 3.35. The van der Waals surface area contributed by atoms with E-state index in [1.165, 1.54) is 6.07 Å². The molecule has 1 unspecified atom stereocenters. The zero-order chi connectivity index (χ0) is 24.1. The minimum atomic E-state index is -0.158. The third-order valence-corrected chi connectivity index (χ3v) is 4.67. The largest absolute Gasteiger partial charge is 0.508 e. The van der Waals surface area contributed by atoms with Crippen LogP contribution in [0, 0.1) is 0 Å². The molecular weight excluding hydrogens is 404 g/mol. The number of phenols is 1. The third kappa shape index (κ3) is 8.46. The van der Waals surface area contributed by atoms with E-state index in [-0.39, 0.29) is 29.0 Å². The standard InChI is InChI=1S/C13H19NO2.C11H11NO2.C2H6/c1-3-5-11-6-4-7-12(15)8-10(2)14-13(16)9-11;1-2-7-6-10(14)12-8-4-3-5-9(13)11(7)8;1-2/h4,7-10,15H,3,5-6H2,1-2H3,(H,14,16);3-6,13H,2H2,1H3,(H,12,14);1-2H3/b7-4-,11-9-,12-8+;;. The number of H-pyrrole nitrogens is 1. The Morgan fingerprint density at radius 3 is 2.50 bits per heavy atom. The number of aryl methyl sites for hydroxylation is 1. The molecule has 6 heteroatoms. The second-order valence-electron chi connectivity index (χ2n) is 7.26. The molecule has 1 aliphatic heterocycles. The summed E-state index contributed by atoms with van der Waals surface area (Å²) in [5.74, 6) is 0.330. The first-order chi connectivity index (χ1) is 15.3. The molecule has 1 aromatic carbocycles. The normalized spacial score (nSPS) is 20.2. The Kier molecular flexibility index (Phi) is 11.6. The predicted octanol–water partition coefficient (Wildman–Crippen LogP) is 5.44. The van der Waals surface area contributed by atoms with Crippen LogP contribution in [0.5, 0.6) is 5.75 Å². The number of carbonyl (C=O) groups excluding carboxylic acids is 1. The highest BCUT2D eigenvalue weighted by atomic mass is 16.3. The first-order valence-corrected chi connectivity index (χ1v) is 11.2. The highest BCUT2D eigenvalue weighted by molar-refractivity contribution is 5.89. The topological polar surface area (TPSA) is 102 Å². The molecule has 174 valence electrons. The highest BCUT2D eigenvalue weighted by Crippen LogP contribution is 2.25. The monoisotopic (exact) mass is 440 g/mol. The van der Waals surface area contributed by atoms with Gasteiger partial charge in [0, 0.05) is 23.6 Å². The van der Waals surface area contributed by atoms with E-state index >= 15 is 0 Å². The van der Waals surface area contributed by atoms with Crippen LogP contribution in [0.25, 0.3) is 10.9 Å². The Morgan fingerprint density at radius 2 is 1.84 bits per heavy atom. The van der Waals surface area contributed by atoms with Crippen molar-refractivity contribution in [2.45, 2.75) is 66.3 Å². The lowest BCUT2D eigenvalue weighted by Gasteiger charge is -2.11. The highest BCUT2D eigenvalue weighted by Gasteiger charge is 2.07. The number of carbonyl (C=O) groups is 1. The van der Waals surface area contributed by atoms with Crippen LogP contribution in [0.4, 0.5) is 0 Å². The van der Waals surface area contributed by atoms with Gasteiger partial charge in [-0.05, 0) is 56.0 Å². The molecule has 0 saturated carbocycles. The average molecular weight is 441 g/mol. The Labute approximate surface area is 190 Å². The SMILES string of the molecule is CC.CCC/C1=C/C(=O)NC(C)/C=C(O)\C=C/C1.CCc1cc(=O)[nH]c2cccc(O)c12. The molecule has 4 N–H and O–H groups in total. The number of allylic oxidation sites excluding steroid dienone is 3. The van der Waals surface area contributed by atoms with Gasteiger partial charge in [-0.2, -0.15) is 0 Å². The molecule has 1 aliphatic rings. The molecule has 0 saturated heterocycles. The summed E-state index contributed by atoms with van der Waals surface area (Å²) in [7, 11) is 0. The number of hydrogen-bond acceptors (Lipinski definition) is 4. The number of aromatic nitrogens is 1. The van der Waals surface area contributed by atoms with Crippen molar-refractivity contribution < 1.29 is 15.0 Å². The molecule has 0 aliphatic carbocycles. The Bertz CT molecular complexity index is 1030. The minimum Gasteiger partial charge on any atom is -0.508 e. The molecule has 1 atom stereocenters. The lowest BCUT2D eigenvalue weighted by atomic mass is 10.1. The first kappa shape index (κ1) is 26.8. The van der Waals surface area contributed by atoms with Gasteiger partial charge in [0.25, 0.3) is 0 Å². The summed E-state index contributed by atoms with van der Waals surface area (Å²) in [6.45, 7) is 9.87. The number of aliphatic hydroxyl groups is 1. The van der Waals surface area contributed by atoms with Crippen molar-refractivity contribution in [1.29, 1.82) is 0 Å². The van der Waals surface area contributed by atoms with E-state index < -0.39 is 0 Å². The fraction of sp³-hybridized carbons (Fsp3) is 0.385. The second kappa shape index (κ2) is 13.9. The number of hydrogen-bond donors (Lipinski definition) is 4. The maximum Gasteiger partial charge on any atom is 0.248 e. The Morgan fingerprint density at radius 1 is 1.12 bits per heavy atom. The van der Waals surface area contributed by atoms with E-state index in [2.05, 4.69) is 17.2 Å². The number of phenolic OH excluding ortho intramolecular Hbond substituents is 1. The summed E-state index contributed by atoms with van der Waals surface area (Å²) >= 11 is 0. The molecule has 0 bridgehead atoms. The van der Waals surface area contributed by atoms with Crippen molar-refractivity contribution in [3.05, 3.63) is 75.8 Å². The molecule has 0 spiro atoms. The molecule has 2 heterocycles. The van der Waals surface area contributed by atoms with Crippen LogP contribution in [0.15, 0.2) is 64.7 Å². The van der Waals surface area contributed by atoms with E-state index in [9.17, 15) is 19.8 Å². The smallest absolute Gasteiger partial charge is 0.248 e. The van der Waals surface area contributed by atoms with Crippen LogP contribution in [0.3, 0.4) is 0 Å². The van der Waals surface area contributed by atoms with Crippen molar-refractivity contribution >= 4 is 16.8 Å². The number of nitrogens with one attached hydrogen (secondary N) is 2. The van der Waals surface area contributed by atoms with Gasteiger partial charge in [-0.15, -0.1) is 0 Å². The number of amides is 1. The maximum absolute atomic E-state index is 11.6. The van der Waals surface area contributed by atoms with Crippen molar-refractivity contribution in [2.24, 2.45) is 0 Å². The van der Waals surface area contributed by atoms with Gasteiger partial charge in [-0.3, -0.25) is 9.59 Å². The van der Waals surface area contributed by atoms with Crippen LogP contribution in [0.1, 0.15) is 59.4 Å². The quantitative estimate of drug-likeness (QED) is 0.510. The summed E-state index contributed by atoms with van der Waals surface area (Å²) in [6.07, 6.45) is 10.2. The molecule has 32 heavy (non-hydrogen) atoms. The van der Waals surface area contributed by atoms with E-state index in [4.69, 9.17) is 0 Å². The number of pyridine rings is 1. The van der Waals surface area contributed by atoms with Gasteiger partial charge in [0.15, 0.2) is 0 Å². The van der Waals surface area contributed by atoms with Crippen molar-refractivity contribution in [3.8, 4) is 5.75 Å². The Balaban J connectivity index is 0.000000299. The molecule has 1 aromatic heterocycles. The maximum atomic E-state index is 11.6. The number of rotatable bonds is 3. The van der Waals surface area contributed by atoms with Crippen molar-refractivity contribution in [1.82, 2.24) is 10.3 Å². The van der Waals surface area contributed by atoms with Crippen LogP contribution in [0.2, 0.25) is 0 Å². The molecule has 1 amide bonds. The van der Waals surface area contributed by atoms with Crippen LogP contribution in [-0.4, -0.2) is 27.1 Å². The van der Waals surface area contributed by atoms with Gasteiger partial charge >= 0.3 is 0 Å². The first-order valence-electron chi connectivity index (χ1n) is 11.2. The zero-order valence-electron chi connectivity index (χ0n) is 19.7. The molecule has 3 rings (SSSR count). The minimum absolute atomic E-state index is 0.0877. The summed E-state index contributed by atoms with van der Waals surface area (Å²) in [6, 6.07) is 6.50. The molecule has 2 aromatic rings. The number of aromatic hydroxyl groups is 1. The lowest BCUT2D eigenvalue weighted by Crippen LogP contribution is -2.30. The number of fused-ring (bicyclic) bond motifs is 1. The van der Waals surface area contributed by atoms with Gasteiger partial charge in [0.05, 0.1) is 5.52 Å². The van der Waals surface area contributed by atoms with E-state index in [1.54, 1.807) is 36.4 Å². The predicted molar refractivity (Wildman–Crippen MR) is 132 cm³/mol. The van der Waals surface area contributed by atoms with E-state index in [0.717, 1.165) is 35.8 Å². The fourth-order valence-corrected chi connectivity index (χ4v) is 3.35. The van der Waals surface area contributed by atoms with Crippen LogP contribution in [-0.2, 0) is 11.2 Å². The summed E-state index contributed by atoms with van der Waals surface area (Å²) in [5, 5.41) is 22.7. The number of aromatic amines is 1. The van der Waals surface area contributed by atoms with E-state index in [1.807, 2.05) is 33.8 Å². The van der Waals surface area contributed by atoms with Crippen LogP contribution >= 0.6 is 0 Å². The lowest BCUT2D eigenvalue weighted by molar-refractivity contribution is -0.116. The van der Waals surface area contributed by atoms with Gasteiger partial charge < -0.3 is 20.5 Å². The zero-order valence-corrected chi connectivity index (χ0v) is 19.7. The van der Waals surface area contributed by atoms with Crippen LogP contribution < -0.4 is 10.9 Å². The third-order valence-electron chi connectivity index (χ3n) is 4.67. The van der Waals surface area contributed by atoms with E-state index in [0.29, 0.717) is 11.9 Å². The second-order valence-corrected chi connectivity index (χ2v) is 7.26. The molecule has 0 fully saturated rings. The number of benzene rings is 1. The summed E-state index contributed by atoms with van der Waals surface area (Å²) in [4.78, 5) is 25.5. The number of aliphatic hydroxyl groups excluding tert-OH is 1. The van der Waals surface area contributed by atoms with Gasteiger partial charge in [0.2, 0.25) is 11.5 Å². The van der Waals surface area contributed by atoms with Gasteiger partial charge in [0.1, 0.15) is 11.5 Å². The van der Waals surface area contributed by atoms with Gasteiger partial charge in [-0.1, -0.05) is 51.8 Å². The molecule has 0 radical (unpaired) electrons. The van der Waals surface area contributed by atoms with Crippen molar-refractivity contribution in [3.63, 3.8) is 0 Å². The van der Waals surface area contributed by atoms with Crippen molar-refractivity contribution in [2.75, 3.05) is 0 Å². The average Bonchev–Trinajstić information content (AvgIpc) is 2.74. The summed E-state index contributed by atoms with van der Waals surface area (Å²) in [5.41, 5.74) is 2.54. The van der Waals surface area contributed by atoms with Gasteiger partial charge in [-0.25, -0.2) is 0 Å². The Hall–Kier alpha value is -3.28. The molecule has 6 nitrogen and oxygen atoms in total. The summed E-state index contributed by atoms with van der Waals surface area (Å²) < 4.78 is 0. The molecular formula is C26H36N2O4.